The molecule has 4 N–H and O–H groups in total. The van der Waals surface area contributed by atoms with Crippen LogP contribution in [0.15, 0.2) is 28.7 Å². The van der Waals surface area contributed by atoms with Gasteiger partial charge in [0.2, 0.25) is 5.82 Å². The number of hydrogen-bond donors (Lipinski definition) is 3. The Kier molecular flexibility index (Phi) is 4.84. The molecular formula is C11H8BrCl2N5O2. The van der Waals surface area contributed by atoms with E-state index in [0.717, 1.165) is 0 Å². The predicted molar refractivity (Wildman–Crippen MR) is 86.1 cm³/mol. The summed E-state index contributed by atoms with van der Waals surface area (Å²) in [6, 6.07) is 5.94. The zero-order valence-electron chi connectivity index (χ0n) is 10.2. The Balaban J connectivity index is 2.48. The molecule has 0 radical (unpaired) electrons. The molecule has 2 rings (SSSR count). The van der Waals surface area contributed by atoms with Gasteiger partial charge in [-0.05, 0) is 34.1 Å². The van der Waals surface area contributed by atoms with Gasteiger partial charge in [-0.2, -0.15) is 0 Å². The Morgan fingerprint density at radius 3 is 2.57 bits per heavy atom. The highest BCUT2D eigenvalue weighted by Crippen LogP contribution is 2.38. The van der Waals surface area contributed by atoms with E-state index < -0.39 is 4.92 Å². The van der Waals surface area contributed by atoms with Gasteiger partial charge in [-0.15, -0.1) is 0 Å². The minimum absolute atomic E-state index is 0.00395. The average Bonchev–Trinajstić information content (AvgIpc) is 2.47. The summed E-state index contributed by atoms with van der Waals surface area (Å²) in [7, 11) is 0. The Morgan fingerprint density at radius 2 is 1.95 bits per heavy atom. The molecule has 2 aromatic rings. The summed E-state index contributed by atoms with van der Waals surface area (Å²) in [5.74, 6) is 5.51. The van der Waals surface area contributed by atoms with Crippen molar-refractivity contribution < 1.29 is 4.92 Å². The number of pyridine rings is 1. The van der Waals surface area contributed by atoms with Crippen LogP contribution < -0.4 is 16.6 Å². The lowest BCUT2D eigenvalue weighted by Gasteiger charge is -2.11. The van der Waals surface area contributed by atoms with Crippen molar-refractivity contribution in [2.45, 2.75) is 0 Å². The Morgan fingerprint density at radius 1 is 1.24 bits per heavy atom. The summed E-state index contributed by atoms with van der Waals surface area (Å²) in [5.41, 5.74) is 2.48. The highest BCUT2D eigenvalue weighted by molar-refractivity contribution is 9.10. The van der Waals surface area contributed by atoms with E-state index in [1.165, 1.54) is 12.1 Å². The SMILES string of the molecule is NNc1ccc([N+](=O)[O-])c(Nc2ccc(Br)c(Cl)c2Cl)n1. The van der Waals surface area contributed by atoms with E-state index in [2.05, 4.69) is 31.7 Å². The van der Waals surface area contributed by atoms with Crippen molar-refractivity contribution in [2.24, 2.45) is 5.84 Å². The topological polar surface area (TPSA) is 106 Å². The third kappa shape index (κ3) is 3.35. The van der Waals surface area contributed by atoms with E-state index in [1.54, 1.807) is 12.1 Å². The van der Waals surface area contributed by atoms with Crippen molar-refractivity contribution >= 4 is 62.1 Å². The van der Waals surface area contributed by atoms with Gasteiger partial charge in [0.25, 0.3) is 0 Å². The summed E-state index contributed by atoms with van der Waals surface area (Å²) in [4.78, 5) is 14.5. The number of halogens is 3. The van der Waals surface area contributed by atoms with Gasteiger partial charge in [-0.3, -0.25) is 10.1 Å². The summed E-state index contributed by atoms with van der Waals surface area (Å²) in [6.07, 6.45) is 0. The molecule has 10 heteroatoms. The number of nitrogens with two attached hydrogens (primary N) is 1. The summed E-state index contributed by atoms with van der Waals surface area (Å²) < 4.78 is 0.611. The van der Waals surface area contributed by atoms with Gasteiger partial charge in [0, 0.05) is 10.5 Å². The molecule has 0 amide bonds. The number of hydrazine groups is 1. The summed E-state index contributed by atoms with van der Waals surface area (Å²) in [5, 5.41) is 14.3. The normalized spacial score (nSPS) is 10.3. The van der Waals surface area contributed by atoms with Crippen molar-refractivity contribution in [3.05, 3.63) is 48.9 Å². The lowest BCUT2D eigenvalue weighted by Crippen LogP contribution is -2.10. The van der Waals surface area contributed by atoms with Crippen molar-refractivity contribution in [1.82, 2.24) is 4.98 Å². The molecule has 1 aromatic heterocycles. The van der Waals surface area contributed by atoms with Crippen molar-refractivity contribution in [1.29, 1.82) is 0 Å². The van der Waals surface area contributed by atoms with E-state index in [0.29, 0.717) is 10.2 Å². The van der Waals surface area contributed by atoms with E-state index in [4.69, 9.17) is 29.0 Å². The first-order valence-electron chi connectivity index (χ1n) is 5.46. The van der Waals surface area contributed by atoms with Crippen LogP contribution in [0.1, 0.15) is 0 Å². The first-order valence-corrected chi connectivity index (χ1v) is 7.01. The molecule has 0 spiro atoms. The first-order chi connectivity index (χ1) is 9.93. The molecule has 7 nitrogen and oxygen atoms in total. The standard InChI is InChI=1S/C11H8BrCl2N5O2/c12-5-1-2-6(10(14)9(5)13)16-11-7(19(20)21)3-4-8(17-11)18-15/h1-4H,15H2,(H2,16,17,18). The smallest absolute Gasteiger partial charge is 0.311 e. The van der Waals surface area contributed by atoms with Gasteiger partial charge in [0.1, 0.15) is 5.82 Å². The van der Waals surface area contributed by atoms with E-state index in [9.17, 15) is 10.1 Å². The van der Waals surface area contributed by atoms with E-state index in [1.807, 2.05) is 0 Å². The number of hydrogen-bond acceptors (Lipinski definition) is 6. The fourth-order valence-corrected chi connectivity index (χ4v) is 2.34. The number of nitrogens with one attached hydrogen (secondary N) is 2. The fourth-order valence-electron chi connectivity index (χ4n) is 1.52. The molecule has 0 saturated heterocycles. The lowest BCUT2D eigenvalue weighted by molar-refractivity contribution is -0.384. The van der Waals surface area contributed by atoms with Gasteiger partial charge in [-0.25, -0.2) is 10.8 Å². The van der Waals surface area contributed by atoms with Gasteiger partial charge in [0.05, 0.1) is 20.7 Å². The summed E-state index contributed by atoms with van der Waals surface area (Å²) >= 11 is 15.3. The summed E-state index contributed by atoms with van der Waals surface area (Å²) in [6.45, 7) is 0. The molecule has 21 heavy (non-hydrogen) atoms. The Bertz CT molecular complexity index is 713. The maximum Gasteiger partial charge on any atom is 0.311 e. The highest BCUT2D eigenvalue weighted by Gasteiger charge is 2.18. The van der Waals surface area contributed by atoms with Crippen molar-refractivity contribution in [3.8, 4) is 0 Å². The lowest BCUT2D eigenvalue weighted by atomic mass is 10.3. The number of aromatic nitrogens is 1. The van der Waals surface area contributed by atoms with Gasteiger partial charge >= 0.3 is 5.69 Å². The maximum atomic E-state index is 11.0. The monoisotopic (exact) mass is 391 g/mol. The van der Waals surface area contributed by atoms with Crippen LogP contribution in [0.4, 0.5) is 23.0 Å². The third-order valence-corrected chi connectivity index (χ3v) is 4.28. The molecule has 1 aromatic carbocycles. The molecule has 0 bridgehead atoms. The zero-order chi connectivity index (χ0) is 15.6. The second-order valence-electron chi connectivity index (χ2n) is 3.81. The second kappa shape index (κ2) is 6.44. The van der Waals surface area contributed by atoms with Gasteiger partial charge < -0.3 is 10.7 Å². The van der Waals surface area contributed by atoms with E-state index >= 15 is 0 Å². The number of anilines is 3. The maximum absolute atomic E-state index is 11.0. The van der Waals surface area contributed by atoms with Gasteiger partial charge in [0.15, 0.2) is 0 Å². The van der Waals surface area contributed by atoms with Crippen LogP contribution in [0.2, 0.25) is 10.0 Å². The molecule has 0 saturated carbocycles. The van der Waals surface area contributed by atoms with Crippen LogP contribution in [-0.2, 0) is 0 Å². The molecule has 0 aliphatic carbocycles. The largest absolute Gasteiger partial charge is 0.333 e. The van der Waals surface area contributed by atoms with E-state index in [-0.39, 0.29) is 27.4 Å². The minimum atomic E-state index is -0.565. The molecule has 110 valence electrons. The van der Waals surface area contributed by atoms with Crippen LogP contribution in [0.3, 0.4) is 0 Å². The number of benzene rings is 1. The molecule has 0 atom stereocenters. The Labute approximate surface area is 137 Å². The zero-order valence-corrected chi connectivity index (χ0v) is 13.3. The number of nitrogen functional groups attached to an aromatic ring is 1. The van der Waals surface area contributed by atoms with Crippen LogP contribution in [0.5, 0.6) is 0 Å². The van der Waals surface area contributed by atoms with Crippen LogP contribution >= 0.6 is 39.1 Å². The first kappa shape index (κ1) is 15.8. The van der Waals surface area contributed by atoms with Crippen molar-refractivity contribution in [3.63, 3.8) is 0 Å². The molecule has 0 aliphatic rings. The molecule has 0 fully saturated rings. The molecule has 0 aliphatic heterocycles. The minimum Gasteiger partial charge on any atom is -0.333 e. The third-order valence-electron chi connectivity index (χ3n) is 2.51. The van der Waals surface area contributed by atoms with Crippen LogP contribution in [-0.4, -0.2) is 9.91 Å². The van der Waals surface area contributed by atoms with Crippen LogP contribution in [0.25, 0.3) is 0 Å². The number of nitro groups is 1. The predicted octanol–water partition coefficient (Wildman–Crippen LogP) is 4.09. The highest BCUT2D eigenvalue weighted by atomic mass is 79.9. The molecule has 1 heterocycles. The molecular weight excluding hydrogens is 385 g/mol. The number of rotatable bonds is 4. The molecule has 0 unspecified atom stereocenters. The fraction of sp³-hybridized carbons (Fsp3) is 0. The van der Waals surface area contributed by atoms with Crippen molar-refractivity contribution in [2.75, 3.05) is 10.7 Å². The Hall–Kier alpha value is -1.61. The van der Waals surface area contributed by atoms with Gasteiger partial charge in [-0.1, -0.05) is 23.2 Å². The quantitative estimate of drug-likeness (QED) is 0.313. The second-order valence-corrected chi connectivity index (χ2v) is 5.42. The average molecular weight is 393 g/mol. The number of nitrogens with zero attached hydrogens (tertiary/aromatic N) is 2. The van der Waals surface area contributed by atoms with Crippen LogP contribution in [0, 0.1) is 10.1 Å².